The van der Waals surface area contributed by atoms with Crippen LogP contribution in [0.5, 0.6) is 5.75 Å². The minimum Gasteiger partial charge on any atom is -0.497 e. The third-order valence-electron chi connectivity index (χ3n) is 7.14. The molecule has 1 aromatic heterocycles. The van der Waals surface area contributed by atoms with Gasteiger partial charge in [0.2, 0.25) is 0 Å². The van der Waals surface area contributed by atoms with E-state index >= 15 is 0 Å². The van der Waals surface area contributed by atoms with Gasteiger partial charge in [0, 0.05) is 46.4 Å². The van der Waals surface area contributed by atoms with E-state index in [-0.39, 0.29) is 11.3 Å². The first-order valence-electron chi connectivity index (χ1n) is 11.8. The quantitative estimate of drug-likeness (QED) is 0.402. The first-order chi connectivity index (χ1) is 17.5. The van der Waals surface area contributed by atoms with Crippen molar-refractivity contribution in [3.8, 4) is 5.75 Å². The lowest BCUT2D eigenvalue weighted by atomic mass is 9.80. The van der Waals surface area contributed by atoms with E-state index in [0.717, 1.165) is 22.6 Å². The number of carbonyl (C=O) groups is 1. The highest BCUT2D eigenvalue weighted by Crippen LogP contribution is 2.46. The second-order valence-corrected chi connectivity index (χ2v) is 9.49. The third-order valence-corrected chi connectivity index (χ3v) is 7.37. The maximum Gasteiger partial charge on any atom is 0.254 e. The Morgan fingerprint density at radius 2 is 1.78 bits per heavy atom. The molecule has 6 rings (SSSR count). The topological polar surface area (TPSA) is 63.6 Å². The van der Waals surface area contributed by atoms with Crippen LogP contribution < -0.4 is 20.4 Å². The molecule has 3 heterocycles. The van der Waals surface area contributed by atoms with Crippen molar-refractivity contribution in [2.75, 3.05) is 23.9 Å². The fourth-order valence-electron chi connectivity index (χ4n) is 5.49. The Hall–Kier alpha value is -4.03. The normalized spacial score (nSPS) is 16.3. The third kappa shape index (κ3) is 3.40. The summed E-state index contributed by atoms with van der Waals surface area (Å²) in [5, 5.41) is 4.11. The number of amides is 1. The summed E-state index contributed by atoms with van der Waals surface area (Å²) in [6.45, 7) is 3.35. The number of fused-ring (bicyclic) bond motifs is 2. The van der Waals surface area contributed by atoms with Gasteiger partial charge in [-0.05, 0) is 55.0 Å². The predicted molar refractivity (Wildman–Crippen MR) is 143 cm³/mol. The highest BCUT2D eigenvalue weighted by atomic mass is 35.5. The molecule has 0 aliphatic carbocycles. The number of pyridine rings is 1. The number of anilines is 2. The molecule has 0 saturated carbocycles. The average Bonchev–Trinajstić information content (AvgIpc) is 3.34. The zero-order valence-corrected chi connectivity index (χ0v) is 20.7. The van der Waals surface area contributed by atoms with E-state index in [4.69, 9.17) is 16.3 Å². The van der Waals surface area contributed by atoms with Crippen molar-refractivity contribution < 1.29 is 9.53 Å². The number of ether oxygens (including phenoxy) is 1. The lowest BCUT2D eigenvalue weighted by Crippen LogP contribution is -2.36. The number of nitrogens with zero attached hydrogens (tertiary/aromatic N) is 2. The Labute approximate surface area is 213 Å². The van der Waals surface area contributed by atoms with Crippen LogP contribution in [0.4, 0.5) is 11.5 Å². The van der Waals surface area contributed by atoms with E-state index < -0.39 is 5.92 Å². The van der Waals surface area contributed by atoms with Gasteiger partial charge >= 0.3 is 0 Å². The van der Waals surface area contributed by atoms with Crippen LogP contribution in [-0.4, -0.2) is 24.1 Å². The second-order valence-electron chi connectivity index (χ2n) is 9.06. The van der Waals surface area contributed by atoms with E-state index in [9.17, 15) is 9.59 Å². The number of para-hydroxylation sites is 1. The minimum atomic E-state index is -0.550. The summed E-state index contributed by atoms with van der Waals surface area (Å²) in [5.74, 6) is 0.782. The lowest BCUT2D eigenvalue weighted by Gasteiger charge is -2.35. The van der Waals surface area contributed by atoms with Gasteiger partial charge in [-0.2, -0.15) is 0 Å². The molecule has 7 heteroatoms. The summed E-state index contributed by atoms with van der Waals surface area (Å²) in [4.78, 5) is 30.1. The molecule has 2 aliphatic rings. The molecule has 0 fully saturated rings. The SMILES string of the molecule is COc1ccc(C2C(C(=O)Nc3ccccc3)=C(C)N3CCn4c3c2c(=O)c2cc(Cl)ccc24)cc1. The highest BCUT2D eigenvalue weighted by Gasteiger charge is 2.41. The summed E-state index contributed by atoms with van der Waals surface area (Å²) in [5.41, 5.74) is 4.29. The van der Waals surface area contributed by atoms with E-state index in [1.165, 1.54) is 0 Å². The molecule has 0 radical (unpaired) electrons. The number of benzene rings is 3. The summed E-state index contributed by atoms with van der Waals surface area (Å²) >= 11 is 6.31. The first-order valence-corrected chi connectivity index (χ1v) is 12.2. The van der Waals surface area contributed by atoms with Crippen molar-refractivity contribution in [3.63, 3.8) is 0 Å². The summed E-state index contributed by atoms with van der Waals surface area (Å²) in [6.07, 6.45) is 0. The molecule has 180 valence electrons. The fraction of sp³-hybridized carbons (Fsp3) is 0.172. The summed E-state index contributed by atoms with van der Waals surface area (Å²) < 4.78 is 7.54. The van der Waals surface area contributed by atoms with Crippen LogP contribution in [0, 0.1) is 0 Å². The smallest absolute Gasteiger partial charge is 0.254 e. The van der Waals surface area contributed by atoms with Gasteiger partial charge in [0.05, 0.1) is 18.2 Å². The molecular formula is C29H24ClN3O3. The number of hydrogen-bond acceptors (Lipinski definition) is 4. The minimum absolute atomic E-state index is 0.107. The van der Waals surface area contributed by atoms with Crippen molar-refractivity contribution in [1.82, 2.24) is 4.57 Å². The molecule has 1 atom stereocenters. The van der Waals surface area contributed by atoms with E-state index in [1.54, 1.807) is 13.2 Å². The lowest BCUT2D eigenvalue weighted by molar-refractivity contribution is -0.113. The molecule has 6 nitrogen and oxygen atoms in total. The molecule has 0 spiro atoms. The molecule has 1 N–H and O–H groups in total. The number of nitrogens with one attached hydrogen (secondary N) is 1. The van der Waals surface area contributed by atoms with Gasteiger partial charge in [-0.25, -0.2) is 0 Å². The van der Waals surface area contributed by atoms with Gasteiger partial charge in [0.25, 0.3) is 5.91 Å². The molecular weight excluding hydrogens is 474 g/mol. The van der Waals surface area contributed by atoms with E-state index in [2.05, 4.69) is 14.8 Å². The van der Waals surface area contributed by atoms with Gasteiger partial charge in [0.15, 0.2) is 5.43 Å². The van der Waals surface area contributed by atoms with Gasteiger partial charge in [0.1, 0.15) is 11.6 Å². The maximum absolute atomic E-state index is 14.1. The van der Waals surface area contributed by atoms with Crippen molar-refractivity contribution in [1.29, 1.82) is 0 Å². The van der Waals surface area contributed by atoms with Crippen LogP contribution in [0.3, 0.4) is 0 Å². The molecule has 0 bridgehead atoms. The van der Waals surface area contributed by atoms with Crippen molar-refractivity contribution in [3.05, 3.63) is 110 Å². The van der Waals surface area contributed by atoms with Gasteiger partial charge in [-0.3, -0.25) is 9.59 Å². The number of allylic oxidation sites excluding steroid dienone is 1. The maximum atomic E-state index is 14.1. The van der Waals surface area contributed by atoms with Gasteiger partial charge in [-0.1, -0.05) is 41.9 Å². The molecule has 1 amide bonds. The zero-order valence-electron chi connectivity index (χ0n) is 19.9. The van der Waals surface area contributed by atoms with E-state index in [0.29, 0.717) is 46.1 Å². The zero-order chi connectivity index (χ0) is 25.0. The Morgan fingerprint density at radius 1 is 1.03 bits per heavy atom. The average molecular weight is 498 g/mol. The van der Waals surface area contributed by atoms with Crippen molar-refractivity contribution in [2.45, 2.75) is 19.4 Å². The van der Waals surface area contributed by atoms with Crippen LogP contribution in [0.15, 0.2) is 88.9 Å². The predicted octanol–water partition coefficient (Wildman–Crippen LogP) is 5.54. The number of carbonyl (C=O) groups excluding carboxylic acids is 1. The number of rotatable bonds is 4. The number of halogens is 1. The molecule has 3 aromatic carbocycles. The monoisotopic (exact) mass is 497 g/mol. The Bertz CT molecular complexity index is 1610. The van der Waals surface area contributed by atoms with Crippen molar-refractivity contribution in [2.24, 2.45) is 0 Å². The standard InChI is InChI=1S/C29H24ClN3O3/c1-17-24(28(35)31-20-6-4-3-5-7-20)25(18-8-11-21(36-2)12-9-18)26-27(34)22-16-19(30)10-13-23(22)33-15-14-32(17)29(26)33/h3-13,16,25H,14-15H2,1-2H3,(H,31,35). The number of aromatic nitrogens is 1. The Morgan fingerprint density at radius 3 is 2.50 bits per heavy atom. The molecule has 36 heavy (non-hydrogen) atoms. The Kier molecular flexibility index (Phi) is 5.34. The highest BCUT2D eigenvalue weighted by molar-refractivity contribution is 6.31. The summed E-state index contributed by atoms with van der Waals surface area (Å²) in [6, 6.07) is 22.4. The van der Waals surface area contributed by atoms with Crippen LogP contribution in [0.1, 0.15) is 24.0 Å². The number of hydrogen-bond donors (Lipinski definition) is 1. The van der Waals surface area contributed by atoms with Crippen LogP contribution in [0.2, 0.25) is 5.02 Å². The largest absolute Gasteiger partial charge is 0.497 e. The van der Waals surface area contributed by atoms with Crippen LogP contribution in [0.25, 0.3) is 10.9 Å². The van der Waals surface area contributed by atoms with Crippen molar-refractivity contribution >= 4 is 39.9 Å². The second kappa shape index (κ2) is 8.57. The molecule has 2 aliphatic heterocycles. The van der Waals surface area contributed by atoms with Gasteiger partial charge < -0.3 is 19.5 Å². The molecule has 1 unspecified atom stereocenters. The summed E-state index contributed by atoms with van der Waals surface area (Å²) in [7, 11) is 1.61. The van der Waals surface area contributed by atoms with Gasteiger partial charge in [-0.15, -0.1) is 0 Å². The molecule has 4 aromatic rings. The van der Waals surface area contributed by atoms with Crippen LogP contribution in [-0.2, 0) is 11.3 Å². The van der Waals surface area contributed by atoms with E-state index in [1.807, 2.05) is 73.7 Å². The molecule has 0 saturated heterocycles. The number of methoxy groups -OCH3 is 1. The first kappa shape index (κ1) is 22.4. The van der Waals surface area contributed by atoms with Crippen LogP contribution >= 0.6 is 11.6 Å². The fourth-order valence-corrected chi connectivity index (χ4v) is 5.66. The Balaban J connectivity index is 1.62.